The van der Waals surface area contributed by atoms with Crippen LogP contribution in [0.3, 0.4) is 0 Å². The summed E-state index contributed by atoms with van der Waals surface area (Å²) in [4.78, 5) is 22.7. The molecule has 1 rings (SSSR count). The summed E-state index contributed by atoms with van der Waals surface area (Å²) in [5, 5.41) is 13.8. The summed E-state index contributed by atoms with van der Waals surface area (Å²) in [6, 6.07) is 7.13. The maximum atomic E-state index is 12.0. The number of nitrogens with one attached hydrogen (secondary N) is 2. The van der Waals surface area contributed by atoms with Crippen molar-refractivity contribution in [3.63, 3.8) is 0 Å². The van der Waals surface area contributed by atoms with Gasteiger partial charge in [-0.05, 0) is 30.9 Å². The molecule has 2 amide bonds. The van der Waals surface area contributed by atoms with Gasteiger partial charge >= 0.3 is 6.09 Å². The van der Waals surface area contributed by atoms with E-state index in [9.17, 15) is 9.59 Å². The lowest BCUT2D eigenvalue weighted by molar-refractivity contribution is -0.123. The van der Waals surface area contributed by atoms with E-state index >= 15 is 0 Å². The Morgan fingerprint density at radius 1 is 1.30 bits per heavy atom. The maximum absolute atomic E-state index is 12.0. The molecule has 0 bridgehead atoms. The molecule has 0 radical (unpaired) electrons. The minimum Gasteiger partial charge on any atom is -0.465 e. The van der Waals surface area contributed by atoms with E-state index in [2.05, 4.69) is 10.6 Å². The number of hydrogen-bond acceptors (Lipinski definition) is 3. The van der Waals surface area contributed by atoms with Crippen molar-refractivity contribution in [2.45, 2.75) is 25.9 Å². The molecule has 0 aliphatic rings. The molecule has 110 valence electrons. The number of thioether (sulfide) groups is 1. The summed E-state index contributed by atoms with van der Waals surface area (Å²) in [7, 11) is 0. The van der Waals surface area contributed by atoms with Crippen LogP contribution in [-0.2, 0) is 11.3 Å². The molecule has 0 aromatic heterocycles. The Balaban J connectivity index is 2.51. The quantitative estimate of drug-likeness (QED) is 0.719. The standard InChI is InChI=1S/C14H20N2O3S/c1-10-3-5-11(6-4-10)9-15-13(17)12(7-8-20-2)16-14(18)19/h3-6,12,16H,7-9H2,1-2H3,(H,15,17)(H,18,19). The molecule has 0 aliphatic carbocycles. The number of aryl methyl sites for hydroxylation is 1. The molecule has 1 aromatic carbocycles. The van der Waals surface area contributed by atoms with Crippen molar-refractivity contribution in [1.29, 1.82) is 0 Å². The predicted molar refractivity (Wildman–Crippen MR) is 81.0 cm³/mol. The topological polar surface area (TPSA) is 78.4 Å². The molecule has 1 atom stereocenters. The van der Waals surface area contributed by atoms with E-state index in [0.29, 0.717) is 13.0 Å². The summed E-state index contributed by atoms with van der Waals surface area (Å²) < 4.78 is 0. The van der Waals surface area contributed by atoms with Gasteiger partial charge in [-0.3, -0.25) is 4.79 Å². The van der Waals surface area contributed by atoms with Crippen LogP contribution in [0.1, 0.15) is 17.5 Å². The normalized spacial score (nSPS) is 11.7. The van der Waals surface area contributed by atoms with Crippen LogP contribution < -0.4 is 10.6 Å². The molecule has 6 heteroatoms. The van der Waals surface area contributed by atoms with Gasteiger partial charge in [-0.2, -0.15) is 11.8 Å². The third-order valence-corrected chi connectivity index (χ3v) is 3.46. The lowest BCUT2D eigenvalue weighted by atomic mass is 10.1. The fraction of sp³-hybridized carbons (Fsp3) is 0.429. The van der Waals surface area contributed by atoms with E-state index in [1.807, 2.05) is 37.4 Å². The fourth-order valence-corrected chi connectivity index (χ4v) is 2.14. The highest BCUT2D eigenvalue weighted by Crippen LogP contribution is 2.04. The second-order valence-electron chi connectivity index (χ2n) is 4.49. The summed E-state index contributed by atoms with van der Waals surface area (Å²) in [5.74, 6) is 0.435. The summed E-state index contributed by atoms with van der Waals surface area (Å²) in [6.07, 6.45) is 1.22. The first-order valence-electron chi connectivity index (χ1n) is 6.34. The zero-order valence-corrected chi connectivity index (χ0v) is 12.5. The Labute approximate surface area is 123 Å². The molecular formula is C14H20N2O3S. The summed E-state index contributed by atoms with van der Waals surface area (Å²) in [6.45, 7) is 2.40. The van der Waals surface area contributed by atoms with Crippen LogP contribution in [0, 0.1) is 6.92 Å². The number of hydrogen-bond donors (Lipinski definition) is 3. The van der Waals surface area contributed by atoms with Crippen molar-refractivity contribution in [2.75, 3.05) is 12.0 Å². The zero-order chi connectivity index (χ0) is 15.0. The molecule has 0 aliphatic heterocycles. The Bertz CT molecular complexity index is 448. The van der Waals surface area contributed by atoms with Gasteiger partial charge in [-0.25, -0.2) is 4.79 Å². The summed E-state index contributed by atoms with van der Waals surface area (Å²) in [5.41, 5.74) is 2.15. The third kappa shape index (κ3) is 5.97. The first kappa shape index (κ1) is 16.4. The molecule has 0 spiro atoms. The van der Waals surface area contributed by atoms with Gasteiger partial charge in [-0.15, -0.1) is 0 Å². The average molecular weight is 296 g/mol. The van der Waals surface area contributed by atoms with Crippen LogP contribution in [0.4, 0.5) is 4.79 Å². The van der Waals surface area contributed by atoms with Gasteiger partial charge in [0.1, 0.15) is 6.04 Å². The highest BCUT2D eigenvalue weighted by molar-refractivity contribution is 7.98. The first-order valence-corrected chi connectivity index (χ1v) is 7.74. The zero-order valence-electron chi connectivity index (χ0n) is 11.7. The van der Waals surface area contributed by atoms with Gasteiger partial charge in [0, 0.05) is 6.54 Å². The number of rotatable bonds is 7. The van der Waals surface area contributed by atoms with Gasteiger partial charge in [0.05, 0.1) is 0 Å². The van der Waals surface area contributed by atoms with E-state index < -0.39 is 12.1 Å². The van der Waals surface area contributed by atoms with Crippen molar-refractivity contribution in [3.8, 4) is 0 Å². The van der Waals surface area contributed by atoms with Crippen molar-refractivity contribution in [2.24, 2.45) is 0 Å². The van der Waals surface area contributed by atoms with Crippen LogP contribution in [0.5, 0.6) is 0 Å². The molecule has 0 saturated heterocycles. The molecule has 20 heavy (non-hydrogen) atoms. The Morgan fingerprint density at radius 2 is 1.95 bits per heavy atom. The van der Waals surface area contributed by atoms with Crippen molar-refractivity contribution in [1.82, 2.24) is 10.6 Å². The van der Waals surface area contributed by atoms with Gasteiger partial charge in [0.25, 0.3) is 0 Å². The van der Waals surface area contributed by atoms with Crippen molar-refractivity contribution >= 4 is 23.8 Å². The molecule has 1 aromatic rings. The lowest BCUT2D eigenvalue weighted by Gasteiger charge is -2.16. The minimum atomic E-state index is -1.18. The second kappa shape index (κ2) is 8.47. The number of carboxylic acid groups (broad SMARTS) is 1. The van der Waals surface area contributed by atoms with Gasteiger partial charge in [0.2, 0.25) is 5.91 Å². The largest absolute Gasteiger partial charge is 0.465 e. The van der Waals surface area contributed by atoms with Gasteiger partial charge in [-0.1, -0.05) is 29.8 Å². The van der Waals surface area contributed by atoms with Crippen molar-refractivity contribution < 1.29 is 14.7 Å². The maximum Gasteiger partial charge on any atom is 0.405 e. The summed E-state index contributed by atoms with van der Waals surface area (Å²) >= 11 is 1.58. The highest BCUT2D eigenvalue weighted by Gasteiger charge is 2.19. The van der Waals surface area contributed by atoms with E-state index in [-0.39, 0.29) is 5.91 Å². The molecule has 0 saturated carbocycles. The lowest BCUT2D eigenvalue weighted by Crippen LogP contribution is -2.46. The molecule has 3 N–H and O–H groups in total. The number of benzene rings is 1. The predicted octanol–water partition coefficient (Wildman–Crippen LogP) is 2.00. The minimum absolute atomic E-state index is 0.290. The molecule has 0 fully saturated rings. The monoisotopic (exact) mass is 296 g/mol. The van der Waals surface area contributed by atoms with Crippen LogP contribution >= 0.6 is 11.8 Å². The Hall–Kier alpha value is -1.69. The van der Waals surface area contributed by atoms with Gasteiger partial charge < -0.3 is 15.7 Å². The van der Waals surface area contributed by atoms with Crippen LogP contribution in [0.25, 0.3) is 0 Å². The molecule has 0 heterocycles. The third-order valence-electron chi connectivity index (χ3n) is 2.81. The Kier molecular flexibility index (Phi) is 6.93. The van der Waals surface area contributed by atoms with E-state index in [4.69, 9.17) is 5.11 Å². The second-order valence-corrected chi connectivity index (χ2v) is 5.47. The van der Waals surface area contributed by atoms with Crippen molar-refractivity contribution in [3.05, 3.63) is 35.4 Å². The number of amides is 2. The Morgan fingerprint density at radius 3 is 2.50 bits per heavy atom. The first-order chi connectivity index (χ1) is 9.52. The molecular weight excluding hydrogens is 276 g/mol. The smallest absolute Gasteiger partial charge is 0.405 e. The number of carbonyl (C=O) groups excluding carboxylic acids is 1. The molecule has 1 unspecified atom stereocenters. The van der Waals surface area contributed by atoms with Crippen LogP contribution in [0.2, 0.25) is 0 Å². The van der Waals surface area contributed by atoms with E-state index in [1.165, 1.54) is 0 Å². The van der Waals surface area contributed by atoms with Crippen LogP contribution in [0.15, 0.2) is 24.3 Å². The van der Waals surface area contributed by atoms with Crippen LogP contribution in [-0.4, -0.2) is 35.2 Å². The van der Waals surface area contributed by atoms with E-state index in [1.54, 1.807) is 11.8 Å². The molecule has 5 nitrogen and oxygen atoms in total. The number of carbonyl (C=O) groups is 2. The van der Waals surface area contributed by atoms with Gasteiger partial charge in [0.15, 0.2) is 0 Å². The SMILES string of the molecule is CSCCC(NC(=O)O)C(=O)NCc1ccc(C)cc1. The average Bonchev–Trinajstić information content (AvgIpc) is 2.42. The van der Waals surface area contributed by atoms with E-state index in [0.717, 1.165) is 16.9 Å². The highest BCUT2D eigenvalue weighted by atomic mass is 32.2. The fourth-order valence-electron chi connectivity index (χ4n) is 1.67.